The van der Waals surface area contributed by atoms with E-state index in [0.717, 1.165) is 58.2 Å². The van der Waals surface area contributed by atoms with Crippen LogP contribution >= 0.6 is 0 Å². The van der Waals surface area contributed by atoms with Gasteiger partial charge in [-0.05, 0) is 48.7 Å². The maximum absolute atomic E-state index is 12.0. The number of amides is 1. The number of aromatic nitrogens is 1. The first-order chi connectivity index (χ1) is 15.7. The third-order valence-corrected chi connectivity index (χ3v) is 5.34. The number of pyridine rings is 1. The Labute approximate surface area is 188 Å². The predicted octanol–water partition coefficient (Wildman–Crippen LogP) is 5.42. The first kappa shape index (κ1) is 21.4. The van der Waals surface area contributed by atoms with Crippen LogP contribution in [0.5, 0.6) is 5.75 Å². The zero-order valence-corrected chi connectivity index (χ0v) is 18.2. The van der Waals surface area contributed by atoms with E-state index in [2.05, 4.69) is 22.8 Å². The van der Waals surface area contributed by atoms with Crippen LogP contribution in [0.2, 0.25) is 0 Å². The van der Waals surface area contributed by atoms with Crippen LogP contribution in [0, 0.1) is 0 Å². The maximum atomic E-state index is 12.0. The Morgan fingerprint density at radius 2 is 1.50 bits per heavy atom. The van der Waals surface area contributed by atoms with Crippen molar-refractivity contribution in [3.05, 3.63) is 84.4 Å². The van der Waals surface area contributed by atoms with Crippen molar-refractivity contribution in [2.45, 2.75) is 12.8 Å². The fourth-order valence-corrected chi connectivity index (χ4v) is 3.65. The van der Waals surface area contributed by atoms with Crippen LogP contribution in [0.15, 0.2) is 78.9 Å². The second kappa shape index (κ2) is 10.4. The van der Waals surface area contributed by atoms with Crippen LogP contribution in [0.3, 0.4) is 0 Å². The summed E-state index contributed by atoms with van der Waals surface area (Å²) >= 11 is 0. The van der Waals surface area contributed by atoms with Crippen molar-refractivity contribution in [1.29, 1.82) is 0 Å². The number of hydrogen-bond acceptors (Lipinski definition) is 4. The van der Waals surface area contributed by atoms with Gasteiger partial charge in [-0.2, -0.15) is 0 Å². The van der Waals surface area contributed by atoms with E-state index < -0.39 is 0 Å². The number of nitrogens with one attached hydrogen (secondary N) is 2. The molecular weight excluding hydrogens is 398 g/mol. The van der Waals surface area contributed by atoms with E-state index in [1.165, 1.54) is 0 Å². The lowest BCUT2D eigenvalue weighted by molar-refractivity contribution is -0.116. The summed E-state index contributed by atoms with van der Waals surface area (Å²) < 4.78 is 5.14. The Morgan fingerprint density at radius 3 is 2.16 bits per heavy atom. The smallest absolute Gasteiger partial charge is 0.243 e. The van der Waals surface area contributed by atoms with Crippen LogP contribution in [0.1, 0.15) is 18.4 Å². The molecule has 0 aliphatic heterocycles. The quantitative estimate of drug-likeness (QED) is 0.214. The number of benzene rings is 3. The van der Waals surface area contributed by atoms with Gasteiger partial charge in [-0.1, -0.05) is 48.5 Å². The van der Waals surface area contributed by atoms with Crippen LogP contribution in [-0.2, 0) is 4.79 Å². The Hall–Kier alpha value is -3.86. The summed E-state index contributed by atoms with van der Waals surface area (Å²) in [5.74, 6) is 0.716. The molecule has 4 aromatic rings. The number of unbranched alkanes of at least 4 members (excludes halogenated alkanes) is 1. The molecule has 0 bridgehead atoms. The molecule has 0 saturated carbocycles. The second-order valence-electron chi connectivity index (χ2n) is 7.55. The first-order valence-electron chi connectivity index (χ1n) is 10.9. The molecule has 3 aromatic carbocycles. The summed E-state index contributed by atoms with van der Waals surface area (Å²) in [7, 11) is 1.63. The number of carbonyl (C=O) groups is 1. The second-order valence-corrected chi connectivity index (χ2v) is 7.55. The molecule has 0 radical (unpaired) electrons. The summed E-state index contributed by atoms with van der Waals surface area (Å²) in [4.78, 5) is 16.8. The minimum absolute atomic E-state index is 0.0834. The first-order valence-corrected chi connectivity index (χ1v) is 10.9. The van der Waals surface area contributed by atoms with Gasteiger partial charge in [0.2, 0.25) is 5.91 Å². The molecule has 1 amide bonds. The van der Waals surface area contributed by atoms with Crippen molar-refractivity contribution in [2.75, 3.05) is 25.5 Å². The van der Waals surface area contributed by atoms with Gasteiger partial charge in [0, 0.05) is 29.9 Å². The Bertz CT molecular complexity index is 1180. The minimum Gasteiger partial charge on any atom is -0.497 e. The van der Waals surface area contributed by atoms with E-state index in [4.69, 9.17) is 9.72 Å². The number of carbonyl (C=O) groups excluding carboxylic acids is 1. The molecule has 162 valence electrons. The van der Waals surface area contributed by atoms with Gasteiger partial charge < -0.3 is 15.4 Å². The monoisotopic (exact) mass is 425 g/mol. The van der Waals surface area contributed by atoms with Crippen molar-refractivity contribution >= 4 is 39.5 Å². The van der Waals surface area contributed by atoms with E-state index in [-0.39, 0.29) is 5.91 Å². The molecule has 1 aromatic heterocycles. The van der Waals surface area contributed by atoms with Crippen molar-refractivity contribution in [3.63, 3.8) is 0 Å². The lowest BCUT2D eigenvalue weighted by Crippen LogP contribution is -2.22. The molecule has 0 saturated heterocycles. The fourth-order valence-electron chi connectivity index (χ4n) is 3.65. The average molecular weight is 426 g/mol. The summed E-state index contributed by atoms with van der Waals surface area (Å²) in [6.45, 7) is 1.47. The van der Waals surface area contributed by atoms with Crippen LogP contribution < -0.4 is 15.4 Å². The molecule has 4 rings (SSSR count). The lowest BCUT2D eigenvalue weighted by Gasteiger charge is -2.13. The Morgan fingerprint density at radius 1 is 0.875 bits per heavy atom. The fraction of sp³-hybridized carbons (Fsp3) is 0.185. The molecule has 1 heterocycles. The van der Waals surface area contributed by atoms with Gasteiger partial charge in [-0.25, -0.2) is 4.98 Å². The molecule has 0 fully saturated rings. The number of hydrogen-bond donors (Lipinski definition) is 2. The maximum Gasteiger partial charge on any atom is 0.243 e. The van der Waals surface area contributed by atoms with Gasteiger partial charge in [-0.15, -0.1) is 0 Å². The highest BCUT2D eigenvalue weighted by Gasteiger charge is 2.07. The highest BCUT2D eigenvalue weighted by Crippen LogP contribution is 2.30. The molecule has 5 nitrogen and oxygen atoms in total. The summed E-state index contributed by atoms with van der Waals surface area (Å²) in [5.41, 5.74) is 4.06. The number of ether oxygens (including phenoxy) is 1. The van der Waals surface area contributed by atoms with Crippen molar-refractivity contribution in [1.82, 2.24) is 10.3 Å². The largest absolute Gasteiger partial charge is 0.497 e. The highest BCUT2D eigenvalue weighted by atomic mass is 16.5. The predicted molar refractivity (Wildman–Crippen MR) is 132 cm³/mol. The molecule has 0 atom stereocenters. The van der Waals surface area contributed by atoms with Crippen molar-refractivity contribution in [2.24, 2.45) is 0 Å². The third-order valence-electron chi connectivity index (χ3n) is 5.34. The van der Waals surface area contributed by atoms with E-state index in [0.29, 0.717) is 6.54 Å². The molecule has 0 unspecified atom stereocenters. The number of nitrogens with zero attached hydrogens (tertiary/aromatic N) is 1. The molecule has 0 aliphatic rings. The van der Waals surface area contributed by atoms with E-state index >= 15 is 0 Å². The molecular formula is C27H27N3O2. The van der Waals surface area contributed by atoms with Gasteiger partial charge in [0.25, 0.3) is 0 Å². The zero-order valence-electron chi connectivity index (χ0n) is 18.2. The van der Waals surface area contributed by atoms with Crippen LogP contribution in [0.4, 0.5) is 5.69 Å². The summed E-state index contributed by atoms with van der Waals surface area (Å²) in [6.07, 6.45) is 5.22. The molecule has 0 spiro atoms. The lowest BCUT2D eigenvalue weighted by atomic mass is 10.1. The van der Waals surface area contributed by atoms with Crippen LogP contribution in [-0.4, -0.2) is 31.1 Å². The molecule has 0 aliphatic carbocycles. The van der Waals surface area contributed by atoms with Crippen molar-refractivity contribution in [3.8, 4) is 5.75 Å². The van der Waals surface area contributed by atoms with Gasteiger partial charge in [0.05, 0.1) is 23.8 Å². The van der Waals surface area contributed by atoms with Gasteiger partial charge in [0.1, 0.15) is 5.75 Å². The average Bonchev–Trinajstić information content (AvgIpc) is 2.84. The SMILES string of the molecule is COc1ccc(/C=C/C(=O)NCCCCNc2c3ccccc3nc3ccccc23)cc1. The minimum atomic E-state index is -0.0834. The van der Waals surface area contributed by atoms with E-state index in [9.17, 15) is 4.79 Å². The molecule has 5 heteroatoms. The summed E-state index contributed by atoms with van der Waals surface area (Å²) in [6, 6.07) is 24.0. The number of fused-ring (bicyclic) bond motifs is 2. The number of rotatable bonds is 9. The van der Waals surface area contributed by atoms with E-state index in [1.54, 1.807) is 19.3 Å². The number of para-hydroxylation sites is 2. The van der Waals surface area contributed by atoms with E-state index in [1.807, 2.05) is 60.7 Å². The summed E-state index contributed by atoms with van der Waals surface area (Å²) in [5, 5.41) is 8.80. The number of methoxy groups -OCH3 is 1. The standard InChI is InChI=1S/C27H27N3O2/c1-32-21-15-12-20(13-16-21)14-17-26(31)28-18-6-7-19-29-27-22-8-2-4-10-24(22)30-25-11-5-3-9-23(25)27/h2-5,8-17H,6-7,18-19H2,1H3,(H,28,31)(H,29,30)/b17-14+. The highest BCUT2D eigenvalue weighted by molar-refractivity contribution is 6.07. The topological polar surface area (TPSA) is 63.2 Å². The molecule has 2 N–H and O–H groups in total. The van der Waals surface area contributed by atoms with Gasteiger partial charge in [-0.3, -0.25) is 4.79 Å². The van der Waals surface area contributed by atoms with Crippen molar-refractivity contribution < 1.29 is 9.53 Å². The normalized spacial score (nSPS) is 11.2. The van der Waals surface area contributed by atoms with Gasteiger partial charge in [0.15, 0.2) is 0 Å². The van der Waals surface area contributed by atoms with Gasteiger partial charge >= 0.3 is 0 Å². The third kappa shape index (κ3) is 5.24. The zero-order chi connectivity index (χ0) is 22.2. The van der Waals surface area contributed by atoms with Crippen LogP contribution in [0.25, 0.3) is 27.9 Å². The number of anilines is 1. The molecule has 32 heavy (non-hydrogen) atoms. The Kier molecular flexibility index (Phi) is 6.98. The Balaban J connectivity index is 1.26.